The summed E-state index contributed by atoms with van der Waals surface area (Å²) in [7, 11) is 0. The highest BCUT2D eigenvalue weighted by Crippen LogP contribution is 2.36. The molecule has 30 heavy (non-hydrogen) atoms. The largest absolute Gasteiger partial charge is 0.419 e. The summed E-state index contributed by atoms with van der Waals surface area (Å²) in [5.41, 5.74) is -0.0354. The standard InChI is InChI=1S/C20H20ClF3N4O2/c1-12(29)26-14-6-7-16(21)17(10-14)27-19(30)13-4-3-9-28(11-13)18-15(20(22,23)24)5-2-8-25-18/h2,5-8,10,13H,3-4,9,11H2,1H3,(H,26,29)(H,27,30). The Hall–Kier alpha value is -2.81. The average Bonchev–Trinajstić information content (AvgIpc) is 2.69. The van der Waals surface area contributed by atoms with E-state index in [1.165, 1.54) is 30.2 Å². The summed E-state index contributed by atoms with van der Waals surface area (Å²) in [6.07, 6.45) is -2.15. The van der Waals surface area contributed by atoms with Crippen LogP contribution in [0.2, 0.25) is 5.02 Å². The molecule has 0 spiro atoms. The van der Waals surface area contributed by atoms with Crippen molar-refractivity contribution in [3.05, 3.63) is 47.1 Å². The second-order valence-electron chi connectivity index (χ2n) is 7.02. The van der Waals surface area contributed by atoms with Gasteiger partial charge in [0, 0.05) is 31.9 Å². The number of aromatic nitrogens is 1. The van der Waals surface area contributed by atoms with Gasteiger partial charge in [-0.25, -0.2) is 4.98 Å². The molecule has 1 atom stereocenters. The van der Waals surface area contributed by atoms with Gasteiger partial charge in [0.2, 0.25) is 11.8 Å². The van der Waals surface area contributed by atoms with Crippen LogP contribution in [0.3, 0.4) is 0 Å². The maximum Gasteiger partial charge on any atom is 0.419 e. The van der Waals surface area contributed by atoms with Gasteiger partial charge in [-0.2, -0.15) is 13.2 Å². The Balaban J connectivity index is 1.75. The Bertz CT molecular complexity index is 952. The number of hydrogen-bond acceptors (Lipinski definition) is 4. The molecule has 2 aromatic rings. The minimum Gasteiger partial charge on any atom is -0.355 e. The molecule has 6 nitrogen and oxygen atoms in total. The van der Waals surface area contributed by atoms with Crippen LogP contribution in [0.15, 0.2) is 36.5 Å². The van der Waals surface area contributed by atoms with Crippen LogP contribution in [-0.4, -0.2) is 29.9 Å². The minimum atomic E-state index is -4.53. The van der Waals surface area contributed by atoms with Crippen molar-refractivity contribution in [2.24, 2.45) is 5.92 Å². The maximum atomic E-state index is 13.3. The number of amides is 2. The monoisotopic (exact) mass is 440 g/mol. The fraction of sp³-hybridized carbons (Fsp3) is 0.350. The van der Waals surface area contributed by atoms with Crippen molar-refractivity contribution in [2.45, 2.75) is 25.9 Å². The van der Waals surface area contributed by atoms with Crippen LogP contribution in [0, 0.1) is 5.92 Å². The molecule has 2 heterocycles. The number of halogens is 4. The fourth-order valence-corrected chi connectivity index (χ4v) is 3.56. The number of rotatable bonds is 4. The number of alkyl halides is 3. The van der Waals surface area contributed by atoms with E-state index in [4.69, 9.17) is 11.6 Å². The van der Waals surface area contributed by atoms with Crippen LogP contribution in [0.25, 0.3) is 0 Å². The third kappa shape index (κ3) is 5.21. The normalized spacial score (nSPS) is 16.8. The number of anilines is 3. The van der Waals surface area contributed by atoms with Crippen LogP contribution in [0.1, 0.15) is 25.3 Å². The average molecular weight is 441 g/mol. The molecule has 1 aromatic heterocycles. The van der Waals surface area contributed by atoms with Gasteiger partial charge in [-0.15, -0.1) is 0 Å². The van der Waals surface area contributed by atoms with Crippen molar-refractivity contribution >= 4 is 40.6 Å². The summed E-state index contributed by atoms with van der Waals surface area (Å²) < 4.78 is 40.0. The van der Waals surface area contributed by atoms with Crippen molar-refractivity contribution in [3.8, 4) is 0 Å². The summed E-state index contributed by atoms with van der Waals surface area (Å²) in [5, 5.41) is 5.61. The van der Waals surface area contributed by atoms with Crippen molar-refractivity contribution in [2.75, 3.05) is 28.6 Å². The lowest BCUT2D eigenvalue weighted by molar-refractivity contribution is -0.137. The molecular weight excluding hydrogens is 421 g/mol. The summed E-state index contributed by atoms with van der Waals surface area (Å²) in [6.45, 7) is 1.84. The van der Waals surface area contributed by atoms with E-state index in [0.29, 0.717) is 30.8 Å². The Morgan fingerprint density at radius 2 is 2.00 bits per heavy atom. The molecule has 2 N–H and O–H groups in total. The van der Waals surface area contributed by atoms with Gasteiger partial charge in [0.25, 0.3) is 0 Å². The molecule has 1 saturated heterocycles. The zero-order valence-electron chi connectivity index (χ0n) is 16.1. The first-order valence-electron chi connectivity index (χ1n) is 9.30. The van der Waals surface area contributed by atoms with Crippen molar-refractivity contribution in [3.63, 3.8) is 0 Å². The van der Waals surface area contributed by atoms with Crippen LogP contribution < -0.4 is 15.5 Å². The predicted octanol–water partition coefficient (Wildman–Crippen LogP) is 4.57. The molecule has 0 radical (unpaired) electrons. The van der Waals surface area contributed by atoms with E-state index in [2.05, 4.69) is 15.6 Å². The van der Waals surface area contributed by atoms with Gasteiger partial charge >= 0.3 is 6.18 Å². The molecule has 3 rings (SSSR count). The van der Waals surface area contributed by atoms with Crippen molar-refractivity contribution in [1.82, 2.24) is 4.98 Å². The van der Waals surface area contributed by atoms with E-state index in [0.717, 1.165) is 6.07 Å². The molecule has 2 amide bonds. The van der Waals surface area contributed by atoms with Gasteiger partial charge in [0.15, 0.2) is 0 Å². The van der Waals surface area contributed by atoms with Crippen LogP contribution in [0.4, 0.5) is 30.4 Å². The molecule has 0 saturated carbocycles. The number of nitrogens with zero attached hydrogens (tertiary/aromatic N) is 2. The highest BCUT2D eigenvalue weighted by Gasteiger charge is 2.37. The third-order valence-electron chi connectivity index (χ3n) is 4.73. The van der Waals surface area contributed by atoms with E-state index >= 15 is 0 Å². The van der Waals surface area contributed by atoms with E-state index in [-0.39, 0.29) is 29.2 Å². The lowest BCUT2D eigenvalue weighted by atomic mass is 9.96. The number of benzene rings is 1. The van der Waals surface area contributed by atoms with Crippen molar-refractivity contribution < 1.29 is 22.8 Å². The Kier molecular flexibility index (Phi) is 6.50. The smallest absolute Gasteiger partial charge is 0.355 e. The quantitative estimate of drug-likeness (QED) is 0.730. The topological polar surface area (TPSA) is 74.3 Å². The molecule has 0 bridgehead atoms. The first kappa shape index (κ1) is 21.9. The highest BCUT2D eigenvalue weighted by molar-refractivity contribution is 6.33. The van der Waals surface area contributed by atoms with Gasteiger partial charge in [0.1, 0.15) is 5.82 Å². The number of carbonyl (C=O) groups is 2. The van der Waals surface area contributed by atoms with Crippen LogP contribution >= 0.6 is 11.6 Å². The number of nitrogens with one attached hydrogen (secondary N) is 2. The molecule has 1 aliphatic rings. The van der Waals surface area contributed by atoms with Crippen LogP contribution in [-0.2, 0) is 15.8 Å². The highest BCUT2D eigenvalue weighted by atomic mass is 35.5. The lowest BCUT2D eigenvalue weighted by Gasteiger charge is -2.34. The number of hydrogen-bond donors (Lipinski definition) is 2. The van der Waals surface area contributed by atoms with Gasteiger partial charge < -0.3 is 15.5 Å². The Morgan fingerprint density at radius 1 is 1.23 bits per heavy atom. The lowest BCUT2D eigenvalue weighted by Crippen LogP contribution is -2.42. The number of pyridine rings is 1. The van der Waals surface area contributed by atoms with Gasteiger partial charge in [-0.05, 0) is 43.2 Å². The molecule has 1 aromatic carbocycles. The molecule has 1 unspecified atom stereocenters. The Labute approximate surface area is 176 Å². The molecule has 160 valence electrons. The second kappa shape index (κ2) is 8.91. The zero-order chi connectivity index (χ0) is 21.9. The molecule has 1 fully saturated rings. The molecular formula is C20H20ClF3N4O2. The number of carbonyl (C=O) groups excluding carboxylic acids is 2. The maximum absolute atomic E-state index is 13.3. The molecule has 0 aliphatic carbocycles. The first-order chi connectivity index (χ1) is 14.1. The Morgan fingerprint density at radius 3 is 2.70 bits per heavy atom. The van der Waals surface area contributed by atoms with Crippen LogP contribution in [0.5, 0.6) is 0 Å². The van der Waals surface area contributed by atoms with Gasteiger partial charge in [-0.3, -0.25) is 9.59 Å². The summed E-state index contributed by atoms with van der Waals surface area (Å²) in [6, 6.07) is 6.90. The SMILES string of the molecule is CC(=O)Nc1ccc(Cl)c(NC(=O)C2CCCN(c3ncccc3C(F)(F)F)C2)c1. The zero-order valence-corrected chi connectivity index (χ0v) is 16.8. The van der Waals surface area contributed by atoms with E-state index in [1.54, 1.807) is 12.1 Å². The molecule has 1 aliphatic heterocycles. The van der Waals surface area contributed by atoms with E-state index in [1.807, 2.05) is 0 Å². The molecule has 10 heteroatoms. The summed E-state index contributed by atoms with van der Waals surface area (Å²) in [4.78, 5) is 29.4. The van der Waals surface area contributed by atoms with Crippen molar-refractivity contribution in [1.29, 1.82) is 0 Å². The summed E-state index contributed by atoms with van der Waals surface area (Å²) >= 11 is 6.14. The number of piperidine rings is 1. The van der Waals surface area contributed by atoms with E-state index in [9.17, 15) is 22.8 Å². The summed E-state index contributed by atoms with van der Waals surface area (Å²) in [5.74, 6) is -1.34. The third-order valence-corrected chi connectivity index (χ3v) is 5.06. The van der Waals surface area contributed by atoms with Gasteiger partial charge in [-0.1, -0.05) is 11.6 Å². The predicted molar refractivity (Wildman–Crippen MR) is 109 cm³/mol. The second-order valence-corrected chi connectivity index (χ2v) is 7.43. The van der Waals surface area contributed by atoms with E-state index < -0.39 is 17.7 Å². The fourth-order valence-electron chi connectivity index (χ4n) is 3.39. The minimum absolute atomic E-state index is 0.106. The van der Waals surface area contributed by atoms with Gasteiger partial charge in [0.05, 0.1) is 22.2 Å². The first-order valence-corrected chi connectivity index (χ1v) is 9.68.